The molecule has 3 rings (SSSR count). The minimum absolute atomic E-state index is 0.110. The minimum Gasteiger partial charge on any atom is -0.366 e. The summed E-state index contributed by atoms with van der Waals surface area (Å²) >= 11 is 1.30. The van der Waals surface area contributed by atoms with Crippen LogP contribution in [0, 0.1) is 0 Å². The molecule has 1 fully saturated rings. The van der Waals surface area contributed by atoms with Gasteiger partial charge >= 0.3 is 0 Å². The van der Waals surface area contributed by atoms with E-state index in [1.807, 2.05) is 4.90 Å². The number of likely N-dealkylation sites (tertiary alicyclic amines) is 1. The monoisotopic (exact) mass is 346 g/mol. The van der Waals surface area contributed by atoms with Crippen molar-refractivity contribution in [3.8, 4) is 5.69 Å². The van der Waals surface area contributed by atoms with E-state index in [9.17, 15) is 9.59 Å². The molecule has 1 aliphatic rings. The van der Waals surface area contributed by atoms with Gasteiger partial charge in [-0.3, -0.25) is 9.59 Å². The zero-order valence-corrected chi connectivity index (χ0v) is 13.9. The number of hydrogen-bond acceptors (Lipinski definition) is 6. The van der Waals surface area contributed by atoms with Crippen molar-refractivity contribution in [2.75, 3.05) is 18.8 Å². The van der Waals surface area contributed by atoms with E-state index in [4.69, 9.17) is 5.73 Å². The number of piperidine rings is 1. The fourth-order valence-corrected chi connectivity index (χ4v) is 3.35. The molecule has 0 spiro atoms. The van der Waals surface area contributed by atoms with Crippen LogP contribution in [0.1, 0.15) is 29.6 Å². The third-order valence-corrected chi connectivity index (χ3v) is 4.77. The molecule has 0 bridgehead atoms. The molecule has 0 unspecified atom stereocenters. The van der Waals surface area contributed by atoms with Crippen molar-refractivity contribution in [3.63, 3.8) is 0 Å². The number of nitrogens with zero attached hydrogens (tertiary/aromatic N) is 5. The van der Waals surface area contributed by atoms with Crippen LogP contribution in [-0.2, 0) is 4.79 Å². The van der Waals surface area contributed by atoms with Crippen LogP contribution in [0.3, 0.4) is 0 Å². The standard InChI is InChI=1S/C15H18N6O2S/c16-14(23)11-4-6-12(7-5-11)21-15(17-18-19-21)24-10-13(22)20-8-2-1-3-9-20/h4-7H,1-3,8-10H2,(H2,16,23). The number of rotatable bonds is 5. The maximum atomic E-state index is 12.2. The molecule has 0 saturated carbocycles. The molecule has 2 aromatic rings. The number of amides is 2. The van der Waals surface area contributed by atoms with Crippen LogP contribution in [0.25, 0.3) is 5.69 Å². The summed E-state index contributed by atoms with van der Waals surface area (Å²) in [6.07, 6.45) is 3.33. The highest BCUT2D eigenvalue weighted by Gasteiger charge is 2.18. The lowest BCUT2D eigenvalue weighted by Gasteiger charge is -2.26. The van der Waals surface area contributed by atoms with E-state index >= 15 is 0 Å². The minimum atomic E-state index is -0.486. The first-order valence-corrected chi connectivity index (χ1v) is 8.73. The highest BCUT2D eigenvalue weighted by atomic mass is 32.2. The summed E-state index contributed by atoms with van der Waals surface area (Å²) in [4.78, 5) is 25.3. The first kappa shape index (κ1) is 16.4. The van der Waals surface area contributed by atoms with Crippen LogP contribution in [0.4, 0.5) is 0 Å². The summed E-state index contributed by atoms with van der Waals surface area (Å²) in [6, 6.07) is 6.67. The van der Waals surface area contributed by atoms with E-state index in [1.54, 1.807) is 28.9 Å². The normalized spacial score (nSPS) is 14.6. The second-order valence-corrected chi connectivity index (χ2v) is 6.46. The lowest BCUT2D eigenvalue weighted by molar-refractivity contribution is -0.129. The number of carbonyl (C=O) groups is 2. The van der Waals surface area contributed by atoms with Gasteiger partial charge in [-0.15, -0.1) is 5.10 Å². The summed E-state index contributed by atoms with van der Waals surface area (Å²) in [5.41, 5.74) is 6.36. The Labute approximate surface area is 143 Å². The summed E-state index contributed by atoms with van der Waals surface area (Å²) in [5.74, 6) is -0.0713. The van der Waals surface area contributed by atoms with Gasteiger partial charge in [0.05, 0.1) is 11.4 Å². The van der Waals surface area contributed by atoms with Crippen molar-refractivity contribution in [2.45, 2.75) is 24.4 Å². The predicted molar refractivity (Wildman–Crippen MR) is 88.8 cm³/mol. The molecule has 2 heterocycles. The Bertz CT molecular complexity index is 724. The number of tetrazole rings is 1. The Hall–Kier alpha value is -2.42. The van der Waals surface area contributed by atoms with Crippen LogP contribution in [0.5, 0.6) is 0 Å². The van der Waals surface area contributed by atoms with Crippen molar-refractivity contribution in [3.05, 3.63) is 29.8 Å². The maximum Gasteiger partial charge on any atom is 0.248 e. The molecule has 1 saturated heterocycles. The van der Waals surface area contributed by atoms with Gasteiger partial charge in [-0.25, -0.2) is 0 Å². The Morgan fingerprint density at radius 2 is 1.83 bits per heavy atom. The van der Waals surface area contributed by atoms with Gasteiger partial charge in [-0.1, -0.05) is 11.8 Å². The van der Waals surface area contributed by atoms with E-state index in [2.05, 4.69) is 15.5 Å². The van der Waals surface area contributed by atoms with Gasteiger partial charge in [0.25, 0.3) is 0 Å². The summed E-state index contributed by atoms with van der Waals surface area (Å²) in [5, 5.41) is 12.1. The van der Waals surface area contributed by atoms with Gasteiger partial charge in [-0.2, -0.15) is 4.68 Å². The zero-order chi connectivity index (χ0) is 16.9. The van der Waals surface area contributed by atoms with Gasteiger partial charge in [0.1, 0.15) is 0 Å². The van der Waals surface area contributed by atoms with E-state index in [1.165, 1.54) is 18.2 Å². The smallest absolute Gasteiger partial charge is 0.248 e. The van der Waals surface area contributed by atoms with Crippen LogP contribution < -0.4 is 5.73 Å². The quantitative estimate of drug-likeness (QED) is 0.805. The Morgan fingerprint density at radius 3 is 2.50 bits per heavy atom. The van der Waals surface area contributed by atoms with Gasteiger partial charge in [0, 0.05) is 18.7 Å². The number of carbonyl (C=O) groups excluding carboxylic acids is 2. The topological polar surface area (TPSA) is 107 Å². The molecular weight excluding hydrogens is 328 g/mol. The number of thioether (sulfide) groups is 1. The van der Waals surface area contributed by atoms with Gasteiger partial charge in [0.15, 0.2) is 0 Å². The maximum absolute atomic E-state index is 12.2. The Kier molecular flexibility index (Phi) is 5.09. The van der Waals surface area contributed by atoms with Crippen LogP contribution in [-0.4, -0.2) is 55.8 Å². The number of benzene rings is 1. The second kappa shape index (κ2) is 7.43. The third kappa shape index (κ3) is 3.73. The summed E-state index contributed by atoms with van der Waals surface area (Å²) in [6.45, 7) is 1.66. The van der Waals surface area contributed by atoms with E-state index < -0.39 is 5.91 Å². The number of nitrogens with two attached hydrogens (primary N) is 1. The molecular formula is C15H18N6O2S. The van der Waals surface area contributed by atoms with Crippen LogP contribution >= 0.6 is 11.8 Å². The second-order valence-electron chi connectivity index (χ2n) is 5.51. The first-order chi connectivity index (χ1) is 11.6. The van der Waals surface area contributed by atoms with E-state index in [0.717, 1.165) is 25.9 Å². The molecule has 126 valence electrons. The fraction of sp³-hybridized carbons (Fsp3) is 0.400. The predicted octanol–water partition coefficient (Wildman–Crippen LogP) is 0.866. The summed E-state index contributed by atoms with van der Waals surface area (Å²) in [7, 11) is 0. The molecule has 2 amide bonds. The summed E-state index contributed by atoms with van der Waals surface area (Å²) < 4.78 is 1.54. The molecule has 0 atom stereocenters. The highest BCUT2D eigenvalue weighted by molar-refractivity contribution is 7.99. The number of aromatic nitrogens is 4. The zero-order valence-electron chi connectivity index (χ0n) is 13.1. The average Bonchev–Trinajstić information content (AvgIpc) is 3.09. The third-order valence-electron chi connectivity index (χ3n) is 3.87. The Balaban J connectivity index is 1.66. The van der Waals surface area contributed by atoms with Crippen LogP contribution in [0.15, 0.2) is 29.4 Å². The van der Waals surface area contributed by atoms with Crippen molar-refractivity contribution in [1.82, 2.24) is 25.1 Å². The fourth-order valence-electron chi connectivity index (χ4n) is 2.56. The molecule has 2 N–H and O–H groups in total. The average molecular weight is 346 g/mol. The Morgan fingerprint density at radius 1 is 1.12 bits per heavy atom. The van der Waals surface area contributed by atoms with Gasteiger partial charge < -0.3 is 10.6 Å². The SMILES string of the molecule is NC(=O)c1ccc(-n2nnnc2SCC(=O)N2CCCCC2)cc1. The van der Waals surface area contributed by atoms with Crippen molar-refractivity contribution >= 4 is 23.6 Å². The van der Waals surface area contributed by atoms with Crippen molar-refractivity contribution in [2.24, 2.45) is 5.73 Å². The molecule has 24 heavy (non-hydrogen) atoms. The molecule has 1 aromatic heterocycles. The molecule has 8 nitrogen and oxygen atoms in total. The number of hydrogen-bond donors (Lipinski definition) is 1. The lowest BCUT2D eigenvalue weighted by Crippen LogP contribution is -2.36. The molecule has 1 aromatic carbocycles. The molecule has 0 radical (unpaired) electrons. The highest BCUT2D eigenvalue weighted by Crippen LogP contribution is 2.20. The van der Waals surface area contributed by atoms with Crippen molar-refractivity contribution < 1.29 is 9.59 Å². The van der Waals surface area contributed by atoms with E-state index in [0.29, 0.717) is 22.2 Å². The molecule has 0 aliphatic carbocycles. The van der Waals surface area contributed by atoms with Gasteiger partial charge in [0.2, 0.25) is 17.0 Å². The van der Waals surface area contributed by atoms with Gasteiger partial charge in [-0.05, 0) is 54.0 Å². The largest absolute Gasteiger partial charge is 0.366 e. The van der Waals surface area contributed by atoms with E-state index in [-0.39, 0.29) is 5.91 Å². The lowest BCUT2D eigenvalue weighted by atomic mass is 10.1. The van der Waals surface area contributed by atoms with Crippen LogP contribution in [0.2, 0.25) is 0 Å². The van der Waals surface area contributed by atoms with Crippen molar-refractivity contribution in [1.29, 1.82) is 0 Å². The first-order valence-electron chi connectivity index (χ1n) is 7.74. The molecule has 9 heteroatoms. The molecule has 1 aliphatic heterocycles. The number of primary amides is 1.